The topological polar surface area (TPSA) is 98.6 Å². The van der Waals surface area contributed by atoms with Crippen LogP contribution in [0.25, 0.3) is 21.5 Å². The van der Waals surface area contributed by atoms with E-state index in [0.717, 1.165) is 32.8 Å². The maximum absolute atomic E-state index is 11.1. The highest BCUT2D eigenvalue weighted by molar-refractivity contribution is 7.13. The van der Waals surface area contributed by atoms with E-state index in [0.29, 0.717) is 24.5 Å². The van der Waals surface area contributed by atoms with Crippen LogP contribution in [0.5, 0.6) is 5.75 Å². The third-order valence-corrected chi connectivity index (χ3v) is 5.24. The Morgan fingerprint density at radius 3 is 2.77 bits per heavy atom. The summed E-state index contributed by atoms with van der Waals surface area (Å²) in [5.74, 6) is -0.323. The molecular weight excluding hydrogens is 400 g/mol. The Morgan fingerprint density at radius 2 is 2.03 bits per heavy atom. The number of hydrogen-bond acceptors (Lipinski definition) is 6. The van der Waals surface area contributed by atoms with Crippen molar-refractivity contribution >= 4 is 28.3 Å². The highest BCUT2D eigenvalue weighted by Crippen LogP contribution is 2.33. The van der Waals surface area contributed by atoms with Gasteiger partial charge in [0, 0.05) is 22.9 Å². The third-order valence-electron chi connectivity index (χ3n) is 4.31. The van der Waals surface area contributed by atoms with Crippen LogP contribution in [-0.4, -0.2) is 16.1 Å². The summed E-state index contributed by atoms with van der Waals surface area (Å²) in [6.45, 7) is 4.70. The molecule has 156 valence electrons. The molecule has 4 aromatic rings. The van der Waals surface area contributed by atoms with Gasteiger partial charge in [0.2, 0.25) is 0 Å². The first-order valence-corrected chi connectivity index (χ1v) is 10.6. The molecule has 0 unspecified atom stereocenters. The van der Waals surface area contributed by atoms with Gasteiger partial charge in [-0.25, -0.2) is 4.98 Å². The number of para-hydroxylation sites is 1. The second-order valence-electron chi connectivity index (χ2n) is 6.30. The van der Waals surface area contributed by atoms with Crippen molar-refractivity contribution in [3.8, 4) is 16.3 Å². The standard InChI is InChI=1S/C21H18N2O4S.C2H6/c22-10-16-12-28-21(23-16)17-8-13(7-15-5-6-26-20(15)17)11-27-18-4-2-1-3-14(18)9-19(24)25;1-2/h1-8,12H,9-11,22H2,(H,24,25);1-2H3. The van der Waals surface area contributed by atoms with Crippen molar-refractivity contribution in [2.24, 2.45) is 5.73 Å². The van der Waals surface area contributed by atoms with Gasteiger partial charge in [-0.2, -0.15) is 0 Å². The normalized spacial score (nSPS) is 10.5. The Morgan fingerprint density at radius 1 is 1.23 bits per heavy atom. The van der Waals surface area contributed by atoms with Crippen LogP contribution in [0.4, 0.5) is 0 Å². The molecule has 2 aromatic heterocycles. The number of aliphatic carboxylic acids is 1. The summed E-state index contributed by atoms with van der Waals surface area (Å²) >= 11 is 1.52. The first kappa shape index (κ1) is 21.5. The number of ether oxygens (including phenoxy) is 1. The maximum Gasteiger partial charge on any atom is 0.307 e. The van der Waals surface area contributed by atoms with Gasteiger partial charge in [0.1, 0.15) is 22.9 Å². The molecule has 0 aliphatic rings. The lowest BCUT2D eigenvalue weighted by molar-refractivity contribution is -0.136. The third kappa shape index (κ3) is 4.87. The smallest absolute Gasteiger partial charge is 0.307 e. The zero-order chi connectivity index (χ0) is 21.5. The monoisotopic (exact) mass is 424 g/mol. The number of carboxylic acids is 1. The number of carboxylic acid groups (broad SMARTS) is 1. The van der Waals surface area contributed by atoms with E-state index in [2.05, 4.69) is 4.98 Å². The Balaban J connectivity index is 0.00000124. The van der Waals surface area contributed by atoms with Crippen molar-refractivity contribution in [3.05, 3.63) is 70.9 Å². The van der Waals surface area contributed by atoms with Crippen molar-refractivity contribution in [1.82, 2.24) is 4.98 Å². The molecule has 0 fully saturated rings. The molecular formula is C23H24N2O4S. The molecule has 0 amide bonds. The van der Waals surface area contributed by atoms with Gasteiger partial charge in [-0.15, -0.1) is 11.3 Å². The highest BCUT2D eigenvalue weighted by Gasteiger charge is 2.14. The molecule has 2 heterocycles. The average Bonchev–Trinajstić information content (AvgIpc) is 3.43. The predicted octanol–water partition coefficient (Wildman–Crippen LogP) is 5.25. The van der Waals surface area contributed by atoms with E-state index >= 15 is 0 Å². The van der Waals surface area contributed by atoms with Gasteiger partial charge in [-0.05, 0) is 29.8 Å². The molecule has 0 atom stereocenters. The van der Waals surface area contributed by atoms with Crippen molar-refractivity contribution in [1.29, 1.82) is 0 Å². The summed E-state index contributed by atoms with van der Waals surface area (Å²) in [4.78, 5) is 15.6. The fourth-order valence-electron chi connectivity index (χ4n) is 3.03. The number of rotatable bonds is 7. The molecule has 0 saturated carbocycles. The molecule has 0 radical (unpaired) electrons. The van der Waals surface area contributed by atoms with Crippen molar-refractivity contribution in [3.63, 3.8) is 0 Å². The number of nitrogens with two attached hydrogens (primary N) is 1. The molecule has 0 bridgehead atoms. The van der Waals surface area contributed by atoms with Crippen LogP contribution in [0.3, 0.4) is 0 Å². The van der Waals surface area contributed by atoms with E-state index in [4.69, 9.17) is 20.0 Å². The molecule has 6 nitrogen and oxygen atoms in total. The van der Waals surface area contributed by atoms with E-state index in [-0.39, 0.29) is 6.42 Å². The quantitative estimate of drug-likeness (QED) is 0.420. The van der Waals surface area contributed by atoms with Crippen LogP contribution < -0.4 is 10.5 Å². The van der Waals surface area contributed by atoms with E-state index < -0.39 is 5.97 Å². The number of fused-ring (bicyclic) bond motifs is 1. The first-order valence-electron chi connectivity index (χ1n) is 9.71. The predicted molar refractivity (Wildman–Crippen MR) is 119 cm³/mol. The molecule has 0 saturated heterocycles. The van der Waals surface area contributed by atoms with Crippen LogP contribution in [0.15, 0.2) is 58.5 Å². The number of nitrogens with zero attached hydrogens (tertiary/aromatic N) is 1. The molecule has 2 aromatic carbocycles. The summed E-state index contributed by atoms with van der Waals surface area (Å²) in [5.41, 5.74) is 9.77. The molecule has 0 aliphatic carbocycles. The maximum atomic E-state index is 11.1. The Kier molecular flexibility index (Phi) is 7.21. The van der Waals surface area contributed by atoms with Gasteiger partial charge in [-0.3, -0.25) is 4.79 Å². The van der Waals surface area contributed by atoms with Crippen LogP contribution in [0.2, 0.25) is 0 Å². The largest absolute Gasteiger partial charge is 0.489 e. The SMILES string of the molecule is CC.NCc1csc(-c2cc(COc3ccccc3CC(=O)O)cc3ccoc23)n1. The zero-order valence-electron chi connectivity index (χ0n) is 16.9. The van der Waals surface area contributed by atoms with Gasteiger partial charge in [0.25, 0.3) is 0 Å². The fourth-order valence-corrected chi connectivity index (χ4v) is 3.87. The molecule has 30 heavy (non-hydrogen) atoms. The highest BCUT2D eigenvalue weighted by atomic mass is 32.1. The van der Waals surface area contributed by atoms with Crippen LogP contribution in [0.1, 0.15) is 30.7 Å². The van der Waals surface area contributed by atoms with Gasteiger partial charge >= 0.3 is 5.97 Å². The Hall–Kier alpha value is -3.16. The number of furan rings is 1. The zero-order valence-corrected chi connectivity index (χ0v) is 17.7. The van der Waals surface area contributed by atoms with Crippen LogP contribution in [-0.2, 0) is 24.4 Å². The molecule has 4 rings (SSSR count). The van der Waals surface area contributed by atoms with E-state index in [1.165, 1.54) is 11.3 Å². The van der Waals surface area contributed by atoms with Gasteiger partial charge < -0.3 is 20.0 Å². The summed E-state index contributed by atoms with van der Waals surface area (Å²) in [6, 6.07) is 13.1. The fraction of sp³-hybridized carbons (Fsp3) is 0.217. The molecule has 3 N–H and O–H groups in total. The first-order chi connectivity index (χ1) is 14.6. The minimum absolute atomic E-state index is 0.0802. The molecule has 7 heteroatoms. The van der Waals surface area contributed by atoms with Gasteiger partial charge in [0.05, 0.1) is 23.9 Å². The van der Waals surface area contributed by atoms with Gasteiger partial charge in [0.15, 0.2) is 0 Å². The lowest BCUT2D eigenvalue weighted by atomic mass is 10.1. The number of thiazole rings is 1. The Labute approximate surface area is 178 Å². The van der Waals surface area contributed by atoms with E-state index in [1.54, 1.807) is 24.5 Å². The Bertz CT molecular complexity index is 1130. The van der Waals surface area contributed by atoms with Gasteiger partial charge in [-0.1, -0.05) is 32.0 Å². The van der Waals surface area contributed by atoms with Crippen LogP contribution in [0, 0.1) is 0 Å². The summed E-state index contributed by atoms with van der Waals surface area (Å²) in [5, 5.41) is 12.8. The minimum Gasteiger partial charge on any atom is -0.489 e. The lowest BCUT2D eigenvalue weighted by Gasteiger charge is -2.11. The van der Waals surface area contributed by atoms with Crippen molar-refractivity contribution in [2.45, 2.75) is 33.4 Å². The van der Waals surface area contributed by atoms with Crippen LogP contribution >= 0.6 is 11.3 Å². The van der Waals surface area contributed by atoms with E-state index in [9.17, 15) is 4.79 Å². The average molecular weight is 425 g/mol. The van der Waals surface area contributed by atoms with Crippen molar-refractivity contribution < 1.29 is 19.1 Å². The number of benzene rings is 2. The number of hydrogen-bond donors (Lipinski definition) is 2. The second kappa shape index (κ2) is 10.0. The second-order valence-corrected chi connectivity index (χ2v) is 7.16. The minimum atomic E-state index is -0.891. The molecule has 0 spiro atoms. The number of aromatic nitrogens is 1. The summed E-state index contributed by atoms with van der Waals surface area (Å²) in [7, 11) is 0. The summed E-state index contributed by atoms with van der Waals surface area (Å²) < 4.78 is 11.6. The van der Waals surface area contributed by atoms with E-state index in [1.807, 2.05) is 43.5 Å². The lowest BCUT2D eigenvalue weighted by Crippen LogP contribution is -2.04. The summed E-state index contributed by atoms with van der Waals surface area (Å²) in [6.07, 6.45) is 1.57. The molecule has 0 aliphatic heterocycles. The number of carbonyl (C=O) groups is 1. The van der Waals surface area contributed by atoms with Crippen molar-refractivity contribution in [2.75, 3.05) is 0 Å².